The van der Waals surface area contributed by atoms with Gasteiger partial charge < -0.3 is 15.3 Å². The van der Waals surface area contributed by atoms with Gasteiger partial charge in [-0.3, -0.25) is 4.79 Å². The van der Waals surface area contributed by atoms with Crippen LogP contribution in [0.5, 0.6) is 5.75 Å². The molecule has 0 atom stereocenters. The summed E-state index contributed by atoms with van der Waals surface area (Å²) in [6.45, 7) is 4.88. The monoisotopic (exact) mass is 336 g/mol. The molecule has 1 aliphatic rings. The first-order valence-electron chi connectivity index (χ1n) is 7.57. The van der Waals surface area contributed by atoms with Crippen LogP contribution in [-0.4, -0.2) is 51.9 Å². The molecular weight excluding hydrogens is 316 g/mol. The molecule has 0 spiro atoms. The molecule has 2 aromatic rings. The van der Waals surface area contributed by atoms with Crippen molar-refractivity contribution in [3.63, 3.8) is 0 Å². The molecule has 0 unspecified atom stereocenters. The van der Waals surface area contributed by atoms with Gasteiger partial charge in [-0.2, -0.15) is 5.10 Å². The van der Waals surface area contributed by atoms with E-state index in [9.17, 15) is 9.90 Å². The summed E-state index contributed by atoms with van der Waals surface area (Å²) in [5.41, 5.74) is 2.12. The van der Waals surface area contributed by atoms with E-state index in [1.54, 1.807) is 9.58 Å². The van der Waals surface area contributed by atoms with Gasteiger partial charge in [0.1, 0.15) is 0 Å². The molecule has 0 radical (unpaired) electrons. The first-order valence-corrected chi connectivity index (χ1v) is 7.57. The van der Waals surface area contributed by atoms with Crippen molar-refractivity contribution in [2.24, 2.45) is 0 Å². The fourth-order valence-corrected chi connectivity index (χ4v) is 2.69. The predicted molar refractivity (Wildman–Crippen MR) is 90.6 cm³/mol. The van der Waals surface area contributed by atoms with Gasteiger partial charge in [0.05, 0.1) is 11.9 Å². The molecule has 0 aliphatic carbocycles. The number of rotatable bonds is 3. The van der Waals surface area contributed by atoms with E-state index in [2.05, 4.69) is 17.3 Å². The summed E-state index contributed by atoms with van der Waals surface area (Å²) in [5, 5.41) is 17.6. The standard InChI is InChI=1S/C16H20N4O2.ClH/c1-2-12-5-3-4-6-13(12)20-11-14(21)15(18-20)16(22)19-9-7-17-8-10-19;/h3-6,11,17,21H,2,7-10H2,1H3;1H. The van der Waals surface area contributed by atoms with Gasteiger partial charge >= 0.3 is 0 Å². The molecule has 2 N–H and O–H groups in total. The Balaban J connectivity index is 0.00000192. The van der Waals surface area contributed by atoms with Crippen LogP contribution < -0.4 is 5.32 Å². The Morgan fingerprint density at radius 3 is 2.70 bits per heavy atom. The maximum absolute atomic E-state index is 12.5. The number of aryl methyl sites for hydroxylation is 1. The molecule has 6 nitrogen and oxygen atoms in total. The van der Waals surface area contributed by atoms with Gasteiger partial charge in [-0.25, -0.2) is 4.68 Å². The Labute approximate surface area is 141 Å². The quantitative estimate of drug-likeness (QED) is 0.893. The van der Waals surface area contributed by atoms with Crippen molar-refractivity contribution in [1.82, 2.24) is 20.0 Å². The predicted octanol–water partition coefficient (Wildman–Crippen LogP) is 1.61. The second-order valence-corrected chi connectivity index (χ2v) is 5.33. The summed E-state index contributed by atoms with van der Waals surface area (Å²) < 4.78 is 1.59. The summed E-state index contributed by atoms with van der Waals surface area (Å²) in [6, 6.07) is 7.85. The summed E-state index contributed by atoms with van der Waals surface area (Å²) in [7, 11) is 0. The maximum atomic E-state index is 12.5. The number of hydrogen-bond donors (Lipinski definition) is 2. The summed E-state index contributed by atoms with van der Waals surface area (Å²) in [6.07, 6.45) is 2.36. The van der Waals surface area contributed by atoms with Crippen molar-refractivity contribution in [1.29, 1.82) is 0 Å². The van der Waals surface area contributed by atoms with E-state index in [0.717, 1.165) is 30.8 Å². The smallest absolute Gasteiger partial charge is 0.278 e. The number of carbonyl (C=O) groups excluding carboxylic acids is 1. The van der Waals surface area contributed by atoms with Crippen LogP contribution in [0.1, 0.15) is 23.0 Å². The van der Waals surface area contributed by atoms with Crippen molar-refractivity contribution < 1.29 is 9.90 Å². The Morgan fingerprint density at radius 1 is 1.30 bits per heavy atom. The third kappa shape index (κ3) is 3.48. The van der Waals surface area contributed by atoms with Crippen LogP contribution in [0, 0.1) is 0 Å². The number of nitrogens with zero attached hydrogens (tertiary/aromatic N) is 3. The number of carbonyl (C=O) groups is 1. The van der Waals surface area contributed by atoms with Crippen molar-refractivity contribution in [2.45, 2.75) is 13.3 Å². The van der Waals surface area contributed by atoms with Crippen LogP contribution >= 0.6 is 12.4 Å². The van der Waals surface area contributed by atoms with Crippen LogP contribution in [0.3, 0.4) is 0 Å². The highest BCUT2D eigenvalue weighted by molar-refractivity contribution is 5.95. The second-order valence-electron chi connectivity index (χ2n) is 5.33. The van der Waals surface area contributed by atoms with Gasteiger partial charge in [0.25, 0.3) is 5.91 Å². The normalized spacial score (nSPS) is 14.4. The lowest BCUT2D eigenvalue weighted by Crippen LogP contribution is -2.46. The molecule has 23 heavy (non-hydrogen) atoms. The van der Waals surface area contributed by atoms with Gasteiger partial charge in [-0.1, -0.05) is 25.1 Å². The van der Waals surface area contributed by atoms with E-state index in [4.69, 9.17) is 0 Å². The fourth-order valence-electron chi connectivity index (χ4n) is 2.69. The Morgan fingerprint density at radius 2 is 2.00 bits per heavy atom. The molecule has 1 aromatic carbocycles. The lowest BCUT2D eigenvalue weighted by molar-refractivity contribution is 0.0726. The zero-order chi connectivity index (χ0) is 15.5. The fraction of sp³-hybridized carbons (Fsp3) is 0.375. The number of aromatic nitrogens is 2. The van der Waals surface area contributed by atoms with Gasteiger partial charge in [0, 0.05) is 26.2 Å². The molecule has 3 rings (SSSR count). The minimum Gasteiger partial charge on any atom is -0.504 e. The molecule has 2 heterocycles. The van der Waals surface area contributed by atoms with Crippen molar-refractivity contribution >= 4 is 18.3 Å². The minimum absolute atomic E-state index is 0. The Kier molecular flexibility index (Phi) is 5.63. The average Bonchev–Trinajstić information content (AvgIpc) is 2.96. The summed E-state index contributed by atoms with van der Waals surface area (Å²) >= 11 is 0. The molecule has 0 saturated carbocycles. The van der Waals surface area contributed by atoms with E-state index >= 15 is 0 Å². The SMILES string of the molecule is CCc1ccccc1-n1cc(O)c(C(=O)N2CCNCC2)n1.Cl. The van der Waals surface area contributed by atoms with Crippen molar-refractivity contribution in [3.8, 4) is 11.4 Å². The van der Waals surface area contributed by atoms with Gasteiger partial charge in [-0.05, 0) is 18.1 Å². The molecule has 1 amide bonds. The van der Waals surface area contributed by atoms with Crippen molar-refractivity contribution in [2.75, 3.05) is 26.2 Å². The zero-order valence-corrected chi connectivity index (χ0v) is 13.8. The van der Waals surface area contributed by atoms with E-state index in [0.29, 0.717) is 13.1 Å². The Hall–Kier alpha value is -2.05. The van der Waals surface area contributed by atoms with E-state index in [-0.39, 0.29) is 29.8 Å². The average molecular weight is 337 g/mol. The van der Waals surface area contributed by atoms with E-state index in [1.807, 2.05) is 24.3 Å². The van der Waals surface area contributed by atoms with Crippen molar-refractivity contribution in [3.05, 3.63) is 41.7 Å². The summed E-state index contributed by atoms with van der Waals surface area (Å²) in [4.78, 5) is 14.2. The minimum atomic E-state index is -0.216. The molecule has 7 heteroatoms. The van der Waals surface area contributed by atoms with E-state index in [1.165, 1.54) is 6.20 Å². The highest BCUT2D eigenvalue weighted by Gasteiger charge is 2.24. The van der Waals surface area contributed by atoms with Crippen LogP contribution in [0.2, 0.25) is 0 Å². The van der Waals surface area contributed by atoms with Crippen LogP contribution in [0.15, 0.2) is 30.5 Å². The van der Waals surface area contributed by atoms with Gasteiger partial charge in [0.2, 0.25) is 0 Å². The molecule has 1 aliphatic heterocycles. The van der Waals surface area contributed by atoms with E-state index < -0.39 is 0 Å². The molecule has 1 saturated heterocycles. The molecular formula is C16H21ClN4O2. The number of hydrogen-bond acceptors (Lipinski definition) is 4. The maximum Gasteiger partial charge on any atom is 0.278 e. The second kappa shape index (κ2) is 7.48. The third-order valence-corrected chi connectivity index (χ3v) is 3.92. The lowest BCUT2D eigenvalue weighted by Gasteiger charge is -2.26. The number of halogens is 1. The van der Waals surface area contributed by atoms with Gasteiger partial charge in [-0.15, -0.1) is 12.4 Å². The largest absolute Gasteiger partial charge is 0.504 e. The Bertz CT molecular complexity index is 680. The molecule has 1 fully saturated rings. The van der Waals surface area contributed by atoms with Crippen LogP contribution in [-0.2, 0) is 6.42 Å². The summed E-state index contributed by atoms with van der Waals surface area (Å²) in [5.74, 6) is -0.291. The number of para-hydroxylation sites is 1. The topological polar surface area (TPSA) is 70.4 Å². The first-order chi connectivity index (χ1) is 10.7. The highest BCUT2D eigenvalue weighted by Crippen LogP contribution is 2.22. The number of benzene rings is 1. The first kappa shape index (κ1) is 17.3. The number of aromatic hydroxyl groups is 1. The molecule has 0 bridgehead atoms. The molecule has 1 aromatic heterocycles. The number of piperazine rings is 1. The van der Waals surface area contributed by atoms with Gasteiger partial charge in [0.15, 0.2) is 11.4 Å². The third-order valence-electron chi connectivity index (χ3n) is 3.92. The van der Waals surface area contributed by atoms with Crippen LogP contribution in [0.25, 0.3) is 5.69 Å². The lowest BCUT2D eigenvalue weighted by atomic mass is 10.1. The highest BCUT2D eigenvalue weighted by atomic mass is 35.5. The molecule has 124 valence electrons. The zero-order valence-electron chi connectivity index (χ0n) is 13.0. The van der Waals surface area contributed by atoms with Crippen LogP contribution in [0.4, 0.5) is 0 Å². The number of nitrogens with one attached hydrogen (secondary N) is 1. The number of amides is 1.